The molecule has 114 valence electrons. The number of carbonyl (C=O) groups is 2. The van der Waals surface area contributed by atoms with Gasteiger partial charge in [0.1, 0.15) is 5.82 Å². The molecule has 2 aromatic rings. The lowest BCUT2D eigenvalue weighted by Gasteiger charge is -2.24. The Morgan fingerprint density at radius 1 is 1.05 bits per heavy atom. The molecule has 0 heterocycles. The van der Waals surface area contributed by atoms with E-state index < -0.39 is 17.8 Å². The first-order chi connectivity index (χ1) is 10.4. The lowest BCUT2D eigenvalue weighted by Crippen LogP contribution is -2.40. The molecular weight excluding hydrogens is 281 g/mol. The van der Waals surface area contributed by atoms with E-state index in [0.717, 1.165) is 5.56 Å². The van der Waals surface area contributed by atoms with Gasteiger partial charge < -0.3 is 4.90 Å². The maximum absolute atomic E-state index is 13.7. The summed E-state index contributed by atoms with van der Waals surface area (Å²) in [5.74, 6) is -1.27. The van der Waals surface area contributed by atoms with E-state index in [4.69, 9.17) is 0 Å². The molecule has 0 aliphatic rings. The van der Waals surface area contributed by atoms with Crippen LogP contribution in [-0.2, 0) is 0 Å². The Hall–Kier alpha value is -2.49. The Bertz CT molecular complexity index is 694. The summed E-state index contributed by atoms with van der Waals surface area (Å²) in [5.41, 5.74) is 1.56. The van der Waals surface area contributed by atoms with Crippen molar-refractivity contribution in [3.05, 3.63) is 71.0 Å². The highest BCUT2D eigenvalue weighted by atomic mass is 19.1. The van der Waals surface area contributed by atoms with Crippen LogP contribution in [0.15, 0.2) is 48.5 Å². The van der Waals surface area contributed by atoms with Crippen molar-refractivity contribution in [2.75, 3.05) is 7.05 Å². The lowest BCUT2D eigenvalue weighted by molar-refractivity contribution is 0.0671. The summed E-state index contributed by atoms with van der Waals surface area (Å²) in [6.07, 6.45) is 0. The molecule has 0 spiro atoms. The molecule has 0 radical (unpaired) electrons. The highest BCUT2D eigenvalue weighted by Gasteiger charge is 2.25. The second-order valence-electron chi connectivity index (χ2n) is 5.30. The molecule has 1 unspecified atom stereocenters. The first kappa shape index (κ1) is 15.9. The number of likely N-dealkylation sites (N-methyl/N-ethyl adjacent to an activating group) is 1. The van der Waals surface area contributed by atoms with Crippen molar-refractivity contribution >= 4 is 11.7 Å². The van der Waals surface area contributed by atoms with E-state index in [0.29, 0.717) is 5.56 Å². The Morgan fingerprint density at radius 3 is 2.23 bits per heavy atom. The SMILES string of the molecule is Cc1ccc(C(=O)C(C)N(C)C(=O)c2ccccc2F)cc1. The van der Waals surface area contributed by atoms with Crippen LogP contribution in [0.1, 0.15) is 33.2 Å². The van der Waals surface area contributed by atoms with Gasteiger partial charge in [0, 0.05) is 12.6 Å². The summed E-state index contributed by atoms with van der Waals surface area (Å²) in [5, 5.41) is 0. The van der Waals surface area contributed by atoms with Crippen molar-refractivity contribution in [2.24, 2.45) is 0 Å². The number of benzene rings is 2. The predicted octanol–water partition coefficient (Wildman–Crippen LogP) is 3.48. The minimum atomic E-state index is -0.671. The fraction of sp³-hybridized carbons (Fsp3) is 0.222. The van der Waals surface area contributed by atoms with E-state index in [1.165, 1.54) is 30.1 Å². The summed E-state index contributed by atoms with van der Waals surface area (Å²) in [4.78, 5) is 26.0. The smallest absolute Gasteiger partial charge is 0.257 e. The number of ketones is 1. The van der Waals surface area contributed by atoms with Gasteiger partial charge in [0.05, 0.1) is 11.6 Å². The van der Waals surface area contributed by atoms with E-state index >= 15 is 0 Å². The third-order valence-electron chi connectivity index (χ3n) is 3.72. The first-order valence-corrected chi connectivity index (χ1v) is 7.04. The van der Waals surface area contributed by atoms with Crippen LogP contribution in [-0.4, -0.2) is 29.7 Å². The van der Waals surface area contributed by atoms with Crippen molar-refractivity contribution in [1.82, 2.24) is 4.90 Å². The fourth-order valence-electron chi connectivity index (χ4n) is 2.14. The van der Waals surface area contributed by atoms with Gasteiger partial charge in [0.15, 0.2) is 5.78 Å². The predicted molar refractivity (Wildman–Crippen MR) is 83.5 cm³/mol. The highest BCUT2D eigenvalue weighted by molar-refractivity contribution is 6.04. The summed E-state index contributed by atoms with van der Waals surface area (Å²) in [6, 6.07) is 12.2. The van der Waals surface area contributed by atoms with Crippen molar-refractivity contribution in [3.63, 3.8) is 0 Å². The second kappa shape index (κ2) is 6.52. The monoisotopic (exact) mass is 299 g/mol. The lowest BCUT2D eigenvalue weighted by atomic mass is 10.0. The molecule has 2 aromatic carbocycles. The number of amides is 1. The van der Waals surface area contributed by atoms with Crippen LogP contribution in [0.25, 0.3) is 0 Å². The van der Waals surface area contributed by atoms with E-state index in [1.807, 2.05) is 19.1 Å². The van der Waals surface area contributed by atoms with Gasteiger partial charge in [0.2, 0.25) is 0 Å². The summed E-state index contributed by atoms with van der Waals surface area (Å²) in [6.45, 7) is 3.58. The minimum absolute atomic E-state index is 0.0337. The van der Waals surface area contributed by atoms with Crippen LogP contribution in [0.4, 0.5) is 4.39 Å². The molecular formula is C18H18FNO2. The molecule has 4 heteroatoms. The maximum atomic E-state index is 13.7. The fourth-order valence-corrected chi connectivity index (χ4v) is 2.14. The van der Waals surface area contributed by atoms with Crippen LogP contribution in [0.5, 0.6) is 0 Å². The number of hydrogen-bond acceptors (Lipinski definition) is 2. The molecule has 0 bridgehead atoms. The summed E-state index contributed by atoms with van der Waals surface area (Å²) in [7, 11) is 1.51. The zero-order chi connectivity index (χ0) is 16.3. The van der Waals surface area contributed by atoms with Crippen molar-refractivity contribution in [1.29, 1.82) is 0 Å². The van der Waals surface area contributed by atoms with Crippen LogP contribution >= 0.6 is 0 Å². The standard InChI is InChI=1S/C18H18FNO2/c1-12-8-10-14(11-9-12)17(21)13(2)20(3)18(22)15-6-4-5-7-16(15)19/h4-11,13H,1-3H3. The van der Waals surface area contributed by atoms with Gasteiger partial charge in [-0.1, -0.05) is 42.0 Å². The van der Waals surface area contributed by atoms with Gasteiger partial charge in [-0.05, 0) is 26.0 Å². The maximum Gasteiger partial charge on any atom is 0.257 e. The molecule has 0 saturated carbocycles. The molecule has 1 amide bonds. The molecule has 0 aliphatic heterocycles. The molecule has 0 aliphatic carbocycles. The molecule has 3 nitrogen and oxygen atoms in total. The van der Waals surface area contributed by atoms with Crippen molar-refractivity contribution in [3.8, 4) is 0 Å². The van der Waals surface area contributed by atoms with Crippen LogP contribution in [0, 0.1) is 12.7 Å². The number of Topliss-reactive ketones (excluding diaryl/α,β-unsaturated/α-hetero) is 1. The van der Waals surface area contributed by atoms with Gasteiger partial charge in [-0.3, -0.25) is 9.59 Å². The molecule has 0 fully saturated rings. The second-order valence-corrected chi connectivity index (χ2v) is 5.30. The molecule has 0 aromatic heterocycles. The Kier molecular flexibility index (Phi) is 4.71. The number of carbonyl (C=O) groups excluding carboxylic acids is 2. The average Bonchev–Trinajstić information content (AvgIpc) is 2.53. The van der Waals surface area contributed by atoms with E-state index in [9.17, 15) is 14.0 Å². The zero-order valence-electron chi connectivity index (χ0n) is 12.8. The Labute approximate surface area is 129 Å². The number of nitrogens with zero attached hydrogens (tertiary/aromatic N) is 1. The molecule has 1 atom stereocenters. The van der Waals surface area contributed by atoms with Crippen molar-refractivity contribution < 1.29 is 14.0 Å². The van der Waals surface area contributed by atoms with Gasteiger partial charge in [-0.2, -0.15) is 0 Å². The van der Waals surface area contributed by atoms with Crippen LogP contribution in [0.2, 0.25) is 0 Å². The van der Waals surface area contributed by atoms with E-state index in [1.54, 1.807) is 25.1 Å². The number of rotatable bonds is 4. The Morgan fingerprint density at radius 2 is 1.64 bits per heavy atom. The zero-order valence-corrected chi connectivity index (χ0v) is 12.8. The Balaban J connectivity index is 2.19. The largest absolute Gasteiger partial charge is 0.331 e. The summed E-state index contributed by atoms with van der Waals surface area (Å²) >= 11 is 0. The quantitative estimate of drug-likeness (QED) is 0.811. The minimum Gasteiger partial charge on any atom is -0.331 e. The van der Waals surface area contributed by atoms with Gasteiger partial charge in [-0.15, -0.1) is 0 Å². The van der Waals surface area contributed by atoms with Crippen molar-refractivity contribution in [2.45, 2.75) is 19.9 Å². The van der Waals surface area contributed by atoms with E-state index in [2.05, 4.69) is 0 Å². The average molecular weight is 299 g/mol. The number of halogens is 1. The summed E-state index contributed by atoms with van der Waals surface area (Å²) < 4.78 is 13.7. The normalized spacial score (nSPS) is 11.8. The van der Waals surface area contributed by atoms with Gasteiger partial charge >= 0.3 is 0 Å². The molecule has 0 saturated heterocycles. The van der Waals surface area contributed by atoms with Gasteiger partial charge in [-0.25, -0.2) is 4.39 Å². The number of hydrogen-bond donors (Lipinski definition) is 0. The van der Waals surface area contributed by atoms with Crippen LogP contribution < -0.4 is 0 Å². The van der Waals surface area contributed by atoms with Crippen LogP contribution in [0.3, 0.4) is 0 Å². The first-order valence-electron chi connectivity index (χ1n) is 7.04. The highest BCUT2D eigenvalue weighted by Crippen LogP contribution is 2.14. The van der Waals surface area contributed by atoms with Gasteiger partial charge in [0.25, 0.3) is 5.91 Å². The molecule has 2 rings (SSSR count). The third-order valence-corrected chi connectivity index (χ3v) is 3.72. The molecule has 0 N–H and O–H groups in total. The molecule has 22 heavy (non-hydrogen) atoms. The topological polar surface area (TPSA) is 37.4 Å². The van der Waals surface area contributed by atoms with E-state index in [-0.39, 0.29) is 11.3 Å². The number of aryl methyl sites for hydroxylation is 1. The third kappa shape index (κ3) is 3.22.